The van der Waals surface area contributed by atoms with Gasteiger partial charge >= 0.3 is 0 Å². The Bertz CT molecular complexity index is 420. The van der Waals surface area contributed by atoms with Crippen LogP contribution in [0.25, 0.3) is 0 Å². The van der Waals surface area contributed by atoms with Crippen LogP contribution in [-0.4, -0.2) is 11.4 Å². The zero-order valence-electron chi connectivity index (χ0n) is 9.69. The van der Waals surface area contributed by atoms with Crippen LogP contribution in [0.2, 0.25) is 0 Å². The lowest BCUT2D eigenvalue weighted by Crippen LogP contribution is -2.31. The fourth-order valence-corrected chi connectivity index (χ4v) is 1.80. The van der Waals surface area contributed by atoms with Gasteiger partial charge in [-0.1, -0.05) is 37.3 Å². The molecule has 1 aliphatic heterocycles. The first-order chi connectivity index (χ1) is 7.64. The Hall–Kier alpha value is -1.57. The molecule has 1 aromatic rings. The van der Waals surface area contributed by atoms with E-state index in [2.05, 4.69) is 0 Å². The molecule has 1 unspecified atom stereocenters. The molecule has 1 atom stereocenters. The molecule has 2 heteroatoms. The third-order valence-electron chi connectivity index (χ3n) is 3.07. The maximum atomic E-state index is 11.7. The molecule has 0 aliphatic carbocycles. The second kappa shape index (κ2) is 4.12. The zero-order valence-corrected chi connectivity index (χ0v) is 9.69. The summed E-state index contributed by atoms with van der Waals surface area (Å²) in [5, 5.41) is 0. The van der Waals surface area contributed by atoms with Crippen molar-refractivity contribution in [2.45, 2.75) is 32.3 Å². The topological polar surface area (TPSA) is 26.3 Å². The summed E-state index contributed by atoms with van der Waals surface area (Å²) >= 11 is 0. The highest BCUT2D eigenvalue weighted by Gasteiger charge is 2.37. The van der Waals surface area contributed by atoms with Gasteiger partial charge in [-0.15, -0.1) is 0 Å². The van der Waals surface area contributed by atoms with Crippen LogP contribution in [0.1, 0.15) is 25.8 Å². The molecule has 2 nitrogen and oxygen atoms in total. The number of hydrogen-bond acceptors (Lipinski definition) is 2. The number of hydrogen-bond donors (Lipinski definition) is 0. The second-order valence-corrected chi connectivity index (χ2v) is 4.32. The normalized spacial score (nSPS) is 24.1. The lowest BCUT2D eigenvalue weighted by atomic mass is 9.99. The van der Waals surface area contributed by atoms with Crippen molar-refractivity contribution in [3.63, 3.8) is 0 Å². The molecule has 16 heavy (non-hydrogen) atoms. The molecule has 0 saturated carbocycles. The van der Waals surface area contributed by atoms with Gasteiger partial charge in [0.15, 0.2) is 5.60 Å². The van der Waals surface area contributed by atoms with Crippen LogP contribution in [-0.2, 0) is 16.0 Å². The molecular weight excluding hydrogens is 200 g/mol. The van der Waals surface area contributed by atoms with Crippen LogP contribution in [0.5, 0.6) is 0 Å². The highest BCUT2D eigenvalue weighted by molar-refractivity contribution is 5.99. The minimum absolute atomic E-state index is 0.0842. The SMILES string of the molecule is CCC1(C)OC(Cc2ccccc2)=CC1=O. The maximum absolute atomic E-state index is 11.7. The van der Waals surface area contributed by atoms with Crippen LogP contribution in [0, 0.1) is 0 Å². The summed E-state index contributed by atoms with van der Waals surface area (Å²) in [5.41, 5.74) is 0.534. The third-order valence-corrected chi connectivity index (χ3v) is 3.07. The molecule has 1 aromatic carbocycles. The van der Waals surface area contributed by atoms with Gasteiger partial charge in [-0.05, 0) is 18.9 Å². The minimum atomic E-state index is -0.635. The molecule has 0 radical (unpaired) electrons. The van der Waals surface area contributed by atoms with Gasteiger partial charge in [0.25, 0.3) is 0 Å². The van der Waals surface area contributed by atoms with E-state index in [0.29, 0.717) is 12.8 Å². The Morgan fingerprint density at radius 3 is 2.50 bits per heavy atom. The smallest absolute Gasteiger partial charge is 0.202 e. The molecule has 0 fully saturated rings. The lowest BCUT2D eigenvalue weighted by molar-refractivity contribution is -0.128. The van der Waals surface area contributed by atoms with Crippen molar-refractivity contribution in [1.29, 1.82) is 0 Å². The molecule has 2 rings (SSSR count). The first kappa shape index (κ1) is 10.9. The predicted octanol–water partition coefficient (Wildman–Crippen LogP) is 2.88. The fourth-order valence-electron chi connectivity index (χ4n) is 1.80. The van der Waals surface area contributed by atoms with E-state index in [4.69, 9.17) is 4.74 Å². The van der Waals surface area contributed by atoms with Crippen molar-refractivity contribution in [2.75, 3.05) is 0 Å². The van der Waals surface area contributed by atoms with Crippen LogP contribution >= 0.6 is 0 Å². The Morgan fingerprint density at radius 2 is 1.94 bits per heavy atom. The molecular formula is C14H16O2. The van der Waals surface area contributed by atoms with Crippen LogP contribution < -0.4 is 0 Å². The number of carbonyl (C=O) groups excluding carboxylic acids is 1. The summed E-state index contributed by atoms with van der Waals surface area (Å²) in [6, 6.07) is 10.0. The van der Waals surface area contributed by atoms with E-state index in [0.717, 1.165) is 5.76 Å². The second-order valence-electron chi connectivity index (χ2n) is 4.32. The van der Waals surface area contributed by atoms with E-state index < -0.39 is 5.60 Å². The zero-order chi connectivity index (χ0) is 11.6. The molecule has 0 amide bonds. The molecule has 0 saturated heterocycles. The van der Waals surface area contributed by atoms with E-state index in [9.17, 15) is 4.79 Å². The molecule has 84 valence electrons. The Balaban J connectivity index is 2.10. The van der Waals surface area contributed by atoms with Crippen LogP contribution in [0.15, 0.2) is 42.2 Å². The quantitative estimate of drug-likeness (QED) is 0.776. The van der Waals surface area contributed by atoms with Crippen molar-refractivity contribution in [3.05, 3.63) is 47.7 Å². The standard InChI is InChI=1S/C14H16O2/c1-3-14(2)13(15)10-12(16-14)9-11-7-5-4-6-8-11/h4-8,10H,3,9H2,1-2H3. The van der Waals surface area contributed by atoms with Crippen molar-refractivity contribution in [1.82, 2.24) is 0 Å². The average Bonchev–Trinajstić information content (AvgIpc) is 2.56. The Morgan fingerprint density at radius 1 is 1.25 bits per heavy atom. The first-order valence-electron chi connectivity index (χ1n) is 5.62. The summed E-state index contributed by atoms with van der Waals surface area (Å²) in [6.45, 7) is 3.82. The summed E-state index contributed by atoms with van der Waals surface area (Å²) in [7, 11) is 0. The van der Waals surface area contributed by atoms with Crippen LogP contribution in [0.3, 0.4) is 0 Å². The highest BCUT2D eigenvalue weighted by atomic mass is 16.5. The minimum Gasteiger partial charge on any atom is -0.483 e. The lowest BCUT2D eigenvalue weighted by Gasteiger charge is -2.21. The molecule has 0 aromatic heterocycles. The van der Waals surface area contributed by atoms with Gasteiger partial charge < -0.3 is 4.74 Å². The van der Waals surface area contributed by atoms with E-state index >= 15 is 0 Å². The van der Waals surface area contributed by atoms with E-state index in [1.165, 1.54) is 5.56 Å². The number of carbonyl (C=O) groups is 1. The monoisotopic (exact) mass is 216 g/mol. The van der Waals surface area contributed by atoms with Gasteiger partial charge in [-0.2, -0.15) is 0 Å². The predicted molar refractivity (Wildman–Crippen MR) is 63.0 cm³/mol. The molecule has 1 aliphatic rings. The summed E-state index contributed by atoms with van der Waals surface area (Å²) in [6.07, 6.45) is 3.04. The van der Waals surface area contributed by atoms with Crippen LogP contribution in [0.4, 0.5) is 0 Å². The van der Waals surface area contributed by atoms with Crippen molar-refractivity contribution in [2.24, 2.45) is 0 Å². The number of rotatable bonds is 3. The van der Waals surface area contributed by atoms with Gasteiger partial charge in [0.1, 0.15) is 5.76 Å². The maximum Gasteiger partial charge on any atom is 0.202 e. The van der Waals surface area contributed by atoms with Gasteiger partial charge in [0, 0.05) is 12.5 Å². The Labute approximate surface area is 95.9 Å². The molecule has 0 N–H and O–H groups in total. The van der Waals surface area contributed by atoms with Gasteiger partial charge in [0.2, 0.25) is 5.78 Å². The third kappa shape index (κ3) is 2.01. The van der Waals surface area contributed by atoms with Crippen molar-refractivity contribution in [3.8, 4) is 0 Å². The van der Waals surface area contributed by atoms with E-state index in [1.54, 1.807) is 6.08 Å². The molecule has 0 spiro atoms. The van der Waals surface area contributed by atoms with Crippen molar-refractivity contribution < 1.29 is 9.53 Å². The van der Waals surface area contributed by atoms with Gasteiger partial charge in [-0.25, -0.2) is 0 Å². The number of ether oxygens (including phenoxy) is 1. The number of allylic oxidation sites excluding steroid dienone is 1. The molecule has 0 bridgehead atoms. The molecule has 1 heterocycles. The summed E-state index contributed by atoms with van der Waals surface area (Å²) < 4.78 is 5.73. The summed E-state index contributed by atoms with van der Waals surface area (Å²) in [4.78, 5) is 11.7. The van der Waals surface area contributed by atoms with Gasteiger partial charge in [0.05, 0.1) is 0 Å². The summed E-state index contributed by atoms with van der Waals surface area (Å²) in [5.74, 6) is 0.862. The first-order valence-corrected chi connectivity index (χ1v) is 5.62. The van der Waals surface area contributed by atoms with Crippen molar-refractivity contribution >= 4 is 5.78 Å². The fraction of sp³-hybridized carbons (Fsp3) is 0.357. The van der Waals surface area contributed by atoms with Gasteiger partial charge in [-0.3, -0.25) is 4.79 Å². The highest BCUT2D eigenvalue weighted by Crippen LogP contribution is 2.29. The van der Waals surface area contributed by atoms with E-state index in [-0.39, 0.29) is 5.78 Å². The Kier molecular flexibility index (Phi) is 2.82. The largest absolute Gasteiger partial charge is 0.483 e. The number of benzene rings is 1. The number of ketones is 1. The average molecular weight is 216 g/mol. The van der Waals surface area contributed by atoms with E-state index in [1.807, 2.05) is 44.2 Å².